The summed E-state index contributed by atoms with van der Waals surface area (Å²) < 4.78 is 0. The van der Waals surface area contributed by atoms with Crippen LogP contribution in [0.5, 0.6) is 0 Å². The quantitative estimate of drug-likeness (QED) is 0.788. The van der Waals surface area contributed by atoms with Gasteiger partial charge < -0.3 is 11.1 Å². The standard InChI is InChI=1S/C12H15ClN2O2S/c1-8-6-9(13)2-3-10(8)15-12(17)7-18-5-4-11(14)16/h2-3,6H,4-5,7H2,1H3,(H2,14,16)(H,15,17). The van der Waals surface area contributed by atoms with E-state index in [-0.39, 0.29) is 18.2 Å². The third-order valence-electron chi connectivity index (χ3n) is 2.19. The van der Waals surface area contributed by atoms with E-state index in [2.05, 4.69) is 5.32 Å². The van der Waals surface area contributed by atoms with Crippen LogP contribution >= 0.6 is 23.4 Å². The highest BCUT2D eigenvalue weighted by Crippen LogP contribution is 2.19. The lowest BCUT2D eigenvalue weighted by molar-refractivity contribution is -0.117. The topological polar surface area (TPSA) is 72.2 Å². The fraction of sp³-hybridized carbons (Fsp3) is 0.333. The first kappa shape index (κ1) is 14.9. The molecule has 0 unspecified atom stereocenters. The maximum atomic E-state index is 11.6. The molecule has 0 saturated heterocycles. The summed E-state index contributed by atoms with van der Waals surface area (Å²) in [5.41, 5.74) is 6.67. The van der Waals surface area contributed by atoms with Crippen molar-refractivity contribution >= 4 is 40.9 Å². The normalized spacial score (nSPS) is 10.1. The van der Waals surface area contributed by atoms with Crippen LogP contribution in [0.15, 0.2) is 18.2 Å². The molecule has 2 amide bonds. The van der Waals surface area contributed by atoms with Crippen molar-refractivity contribution in [1.82, 2.24) is 0 Å². The molecule has 98 valence electrons. The Balaban J connectivity index is 2.38. The van der Waals surface area contributed by atoms with Gasteiger partial charge in [0.2, 0.25) is 11.8 Å². The van der Waals surface area contributed by atoms with Crippen LogP contribution in [0, 0.1) is 6.92 Å². The molecule has 0 heterocycles. The number of carbonyl (C=O) groups excluding carboxylic acids is 2. The Bertz CT molecular complexity index is 452. The second-order valence-electron chi connectivity index (χ2n) is 3.78. The Morgan fingerprint density at radius 3 is 2.78 bits per heavy atom. The average Bonchev–Trinajstić information content (AvgIpc) is 2.28. The van der Waals surface area contributed by atoms with Gasteiger partial charge in [0.15, 0.2) is 0 Å². The van der Waals surface area contributed by atoms with Gasteiger partial charge in [-0.15, -0.1) is 0 Å². The van der Waals surface area contributed by atoms with Crippen LogP contribution in [0.2, 0.25) is 5.02 Å². The molecular weight excluding hydrogens is 272 g/mol. The highest BCUT2D eigenvalue weighted by molar-refractivity contribution is 7.99. The van der Waals surface area contributed by atoms with Crippen molar-refractivity contribution < 1.29 is 9.59 Å². The molecule has 0 fully saturated rings. The number of anilines is 1. The summed E-state index contributed by atoms with van der Waals surface area (Å²) in [6.07, 6.45) is 0.290. The highest BCUT2D eigenvalue weighted by Gasteiger charge is 2.05. The molecule has 0 aliphatic heterocycles. The van der Waals surface area contributed by atoms with Crippen molar-refractivity contribution in [3.8, 4) is 0 Å². The summed E-state index contributed by atoms with van der Waals surface area (Å²) in [7, 11) is 0. The molecule has 18 heavy (non-hydrogen) atoms. The molecule has 0 atom stereocenters. The number of nitrogens with one attached hydrogen (secondary N) is 1. The van der Waals surface area contributed by atoms with Crippen molar-refractivity contribution in [2.24, 2.45) is 5.73 Å². The summed E-state index contributed by atoms with van der Waals surface area (Å²) in [4.78, 5) is 22.1. The van der Waals surface area contributed by atoms with Crippen LogP contribution in [0.3, 0.4) is 0 Å². The summed E-state index contributed by atoms with van der Waals surface area (Å²) >= 11 is 7.20. The van der Waals surface area contributed by atoms with E-state index in [4.69, 9.17) is 17.3 Å². The summed E-state index contributed by atoms with van der Waals surface area (Å²) in [5.74, 6) is 0.406. The second-order valence-corrected chi connectivity index (χ2v) is 5.32. The van der Waals surface area contributed by atoms with Crippen LogP contribution in [0.1, 0.15) is 12.0 Å². The zero-order chi connectivity index (χ0) is 13.5. The lowest BCUT2D eigenvalue weighted by Crippen LogP contribution is -2.16. The SMILES string of the molecule is Cc1cc(Cl)ccc1NC(=O)CSCCC(N)=O. The number of hydrogen-bond donors (Lipinski definition) is 2. The predicted molar refractivity (Wildman–Crippen MR) is 76.0 cm³/mol. The molecule has 0 aromatic heterocycles. The molecule has 0 aliphatic carbocycles. The molecule has 4 nitrogen and oxygen atoms in total. The number of primary amides is 1. The first-order valence-corrected chi connectivity index (χ1v) is 6.94. The maximum absolute atomic E-state index is 11.6. The Labute approximate surface area is 115 Å². The number of benzene rings is 1. The average molecular weight is 287 g/mol. The summed E-state index contributed by atoms with van der Waals surface area (Å²) in [5, 5.41) is 3.43. The number of aryl methyl sites for hydroxylation is 1. The summed E-state index contributed by atoms with van der Waals surface area (Å²) in [6.45, 7) is 1.88. The number of amides is 2. The van der Waals surface area contributed by atoms with Gasteiger partial charge in [0, 0.05) is 22.9 Å². The monoisotopic (exact) mass is 286 g/mol. The molecule has 0 spiro atoms. The molecule has 1 rings (SSSR count). The van der Waals surface area contributed by atoms with Gasteiger partial charge in [-0.2, -0.15) is 11.8 Å². The highest BCUT2D eigenvalue weighted by atomic mass is 35.5. The van der Waals surface area contributed by atoms with E-state index in [1.165, 1.54) is 11.8 Å². The summed E-state index contributed by atoms with van der Waals surface area (Å²) in [6, 6.07) is 5.28. The van der Waals surface area contributed by atoms with Crippen LogP contribution in [0.4, 0.5) is 5.69 Å². The molecule has 1 aromatic carbocycles. The minimum atomic E-state index is -0.351. The minimum absolute atomic E-state index is 0.102. The smallest absolute Gasteiger partial charge is 0.234 e. The van der Waals surface area contributed by atoms with Crippen LogP contribution in [-0.4, -0.2) is 23.3 Å². The van der Waals surface area contributed by atoms with Crippen molar-refractivity contribution in [3.05, 3.63) is 28.8 Å². The Kier molecular flexibility index (Phi) is 6.01. The Hall–Kier alpha value is -1.20. The van der Waals surface area contributed by atoms with E-state index < -0.39 is 0 Å². The minimum Gasteiger partial charge on any atom is -0.370 e. The van der Waals surface area contributed by atoms with Gasteiger partial charge in [-0.1, -0.05) is 11.6 Å². The van der Waals surface area contributed by atoms with Crippen LogP contribution in [0.25, 0.3) is 0 Å². The van der Waals surface area contributed by atoms with Crippen molar-refractivity contribution in [3.63, 3.8) is 0 Å². The van der Waals surface area contributed by atoms with E-state index in [0.29, 0.717) is 16.5 Å². The van der Waals surface area contributed by atoms with Crippen LogP contribution in [-0.2, 0) is 9.59 Å². The molecule has 6 heteroatoms. The zero-order valence-corrected chi connectivity index (χ0v) is 11.6. The van der Waals surface area contributed by atoms with Gasteiger partial charge in [-0.05, 0) is 30.7 Å². The molecular formula is C12H15ClN2O2S. The van der Waals surface area contributed by atoms with E-state index in [1.54, 1.807) is 18.2 Å². The zero-order valence-electron chi connectivity index (χ0n) is 10.0. The number of nitrogens with two attached hydrogens (primary N) is 1. The number of thioether (sulfide) groups is 1. The lowest BCUT2D eigenvalue weighted by atomic mass is 10.2. The predicted octanol–water partition coefficient (Wildman–Crippen LogP) is 2.20. The van der Waals surface area contributed by atoms with Gasteiger partial charge in [-0.25, -0.2) is 0 Å². The molecule has 3 N–H and O–H groups in total. The maximum Gasteiger partial charge on any atom is 0.234 e. The number of carbonyl (C=O) groups is 2. The molecule has 0 aliphatic rings. The molecule has 0 saturated carbocycles. The van der Waals surface area contributed by atoms with E-state index in [0.717, 1.165) is 11.3 Å². The van der Waals surface area contributed by atoms with Crippen molar-refractivity contribution in [2.45, 2.75) is 13.3 Å². The third kappa shape index (κ3) is 5.42. The number of halogens is 1. The molecule has 0 radical (unpaired) electrons. The Morgan fingerprint density at radius 1 is 1.44 bits per heavy atom. The van der Waals surface area contributed by atoms with Crippen LogP contribution < -0.4 is 11.1 Å². The van der Waals surface area contributed by atoms with E-state index in [9.17, 15) is 9.59 Å². The van der Waals surface area contributed by atoms with Crippen molar-refractivity contribution in [2.75, 3.05) is 16.8 Å². The first-order chi connectivity index (χ1) is 8.49. The molecule has 1 aromatic rings. The Morgan fingerprint density at radius 2 is 2.17 bits per heavy atom. The van der Waals surface area contributed by atoms with E-state index in [1.807, 2.05) is 6.92 Å². The fourth-order valence-electron chi connectivity index (χ4n) is 1.29. The van der Waals surface area contributed by atoms with Gasteiger partial charge in [0.25, 0.3) is 0 Å². The van der Waals surface area contributed by atoms with Gasteiger partial charge in [-0.3, -0.25) is 9.59 Å². The first-order valence-electron chi connectivity index (χ1n) is 5.41. The number of hydrogen-bond acceptors (Lipinski definition) is 3. The third-order valence-corrected chi connectivity index (χ3v) is 3.38. The van der Waals surface area contributed by atoms with Gasteiger partial charge in [0.1, 0.15) is 0 Å². The number of rotatable bonds is 6. The largest absolute Gasteiger partial charge is 0.370 e. The second kappa shape index (κ2) is 7.28. The van der Waals surface area contributed by atoms with Gasteiger partial charge in [0.05, 0.1) is 5.75 Å². The molecule has 0 bridgehead atoms. The van der Waals surface area contributed by atoms with Crippen molar-refractivity contribution in [1.29, 1.82) is 0 Å². The fourth-order valence-corrected chi connectivity index (χ4v) is 2.27. The lowest BCUT2D eigenvalue weighted by Gasteiger charge is -2.08. The van der Waals surface area contributed by atoms with Gasteiger partial charge >= 0.3 is 0 Å². The van der Waals surface area contributed by atoms with E-state index >= 15 is 0 Å².